The van der Waals surface area contributed by atoms with E-state index in [0.717, 1.165) is 56.8 Å². The molecule has 2 fully saturated rings. The van der Waals surface area contributed by atoms with Crippen molar-refractivity contribution < 1.29 is 14.3 Å². The van der Waals surface area contributed by atoms with Crippen LogP contribution in [-0.4, -0.2) is 18.7 Å². The first kappa shape index (κ1) is 18.3. The SMILES string of the molecule is CCCCCC(=O)OC1CCCCC1c1cccc(OCC2CC2)c1. The third kappa shape index (κ3) is 5.76. The van der Waals surface area contributed by atoms with Crippen LogP contribution in [0.1, 0.15) is 82.6 Å². The van der Waals surface area contributed by atoms with Gasteiger partial charge in [0.2, 0.25) is 0 Å². The zero-order valence-electron chi connectivity index (χ0n) is 15.5. The Balaban J connectivity index is 1.59. The normalized spacial score (nSPS) is 23.2. The van der Waals surface area contributed by atoms with Gasteiger partial charge in [-0.25, -0.2) is 0 Å². The second kappa shape index (κ2) is 9.26. The fourth-order valence-electron chi connectivity index (χ4n) is 3.70. The number of unbranched alkanes of at least 4 members (excludes halogenated alkanes) is 2. The van der Waals surface area contributed by atoms with Crippen LogP contribution in [0.25, 0.3) is 0 Å². The molecule has 0 spiro atoms. The molecular formula is C22H32O3. The van der Waals surface area contributed by atoms with Crippen molar-refractivity contribution in [1.29, 1.82) is 0 Å². The molecule has 3 nitrogen and oxygen atoms in total. The zero-order valence-corrected chi connectivity index (χ0v) is 15.5. The second-order valence-corrected chi connectivity index (χ2v) is 7.70. The molecule has 2 saturated carbocycles. The van der Waals surface area contributed by atoms with Crippen molar-refractivity contribution in [2.75, 3.05) is 6.61 Å². The van der Waals surface area contributed by atoms with E-state index in [-0.39, 0.29) is 12.1 Å². The van der Waals surface area contributed by atoms with Gasteiger partial charge in [-0.1, -0.05) is 38.3 Å². The van der Waals surface area contributed by atoms with Crippen LogP contribution >= 0.6 is 0 Å². The predicted octanol–water partition coefficient (Wildman–Crippen LogP) is 5.63. The van der Waals surface area contributed by atoms with Gasteiger partial charge in [-0.05, 0) is 62.1 Å². The molecular weight excluding hydrogens is 312 g/mol. The van der Waals surface area contributed by atoms with Gasteiger partial charge in [0.05, 0.1) is 6.61 Å². The Labute approximate surface area is 152 Å². The van der Waals surface area contributed by atoms with E-state index in [0.29, 0.717) is 12.3 Å². The van der Waals surface area contributed by atoms with Crippen molar-refractivity contribution in [2.45, 2.75) is 83.2 Å². The first-order valence-corrected chi connectivity index (χ1v) is 10.2. The lowest BCUT2D eigenvalue weighted by Crippen LogP contribution is -2.28. The number of esters is 1. The molecule has 0 saturated heterocycles. The lowest BCUT2D eigenvalue weighted by atomic mass is 9.81. The Morgan fingerprint density at radius 1 is 1.12 bits per heavy atom. The molecule has 3 heteroatoms. The van der Waals surface area contributed by atoms with Gasteiger partial charge in [0.1, 0.15) is 11.9 Å². The maximum absolute atomic E-state index is 12.2. The number of hydrogen-bond donors (Lipinski definition) is 0. The fourth-order valence-corrected chi connectivity index (χ4v) is 3.70. The van der Waals surface area contributed by atoms with Crippen molar-refractivity contribution in [1.82, 2.24) is 0 Å². The molecule has 3 rings (SSSR count). The van der Waals surface area contributed by atoms with Crippen LogP contribution in [0.4, 0.5) is 0 Å². The fraction of sp³-hybridized carbons (Fsp3) is 0.682. The summed E-state index contributed by atoms with van der Waals surface area (Å²) in [7, 11) is 0. The van der Waals surface area contributed by atoms with E-state index >= 15 is 0 Å². The van der Waals surface area contributed by atoms with Crippen molar-refractivity contribution in [2.24, 2.45) is 5.92 Å². The van der Waals surface area contributed by atoms with Gasteiger partial charge in [0.15, 0.2) is 0 Å². The highest BCUT2D eigenvalue weighted by atomic mass is 16.5. The summed E-state index contributed by atoms with van der Waals surface area (Å²) in [6, 6.07) is 8.45. The molecule has 0 bridgehead atoms. The Kier molecular flexibility index (Phi) is 6.77. The minimum absolute atomic E-state index is 0.0218. The second-order valence-electron chi connectivity index (χ2n) is 7.70. The number of carbonyl (C=O) groups excluding carboxylic acids is 1. The number of carbonyl (C=O) groups is 1. The minimum Gasteiger partial charge on any atom is -0.493 e. The number of rotatable bonds is 9. The van der Waals surface area contributed by atoms with Gasteiger partial charge in [-0.2, -0.15) is 0 Å². The van der Waals surface area contributed by atoms with Crippen LogP contribution < -0.4 is 4.74 Å². The standard InChI is InChI=1S/C22H32O3/c1-2-3-4-12-22(23)25-21-11-6-5-10-20(21)18-8-7-9-19(15-18)24-16-17-13-14-17/h7-9,15,17,20-21H,2-6,10-14,16H2,1H3. The highest BCUT2D eigenvalue weighted by Crippen LogP contribution is 2.37. The van der Waals surface area contributed by atoms with Crippen molar-refractivity contribution in [3.63, 3.8) is 0 Å². The summed E-state index contributed by atoms with van der Waals surface area (Å²) in [6.07, 6.45) is 10.8. The summed E-state index contributed by atoms with van der Waals surface area (Å²) in [5.41, 5.74) is 1.26. The third-order valence-electron chi connectivity index (χ3n) is 5.44. The molecule has 2 aliphatic rings. The van der Waals surface area contributed by atoms with Gasteiger partial charge in [0.25, 0.3) is 0 Å². The lowest BCUT2D eigenvalue weighted by molar-refractivity contribution is -0.151. The summed E-state index contributed by atoms with van der Waals surface area (Å²) < 4.78 is 11.8. The Morgan fingerprint density at radius 2 is 1.96 bits per heavy atom. The highest BCUT2D eigenvalue weighted by Gasteiger charge is 2.30. The molecule has 2 atom stereocenters. The van der Waals surface area contributed by atoms with E-state index in [1.807, 2.05) is 6.07 Å². The van der Waals surface area contributed by atoms with E-state index in [1.54, 1.807) is 0 Å². The van der Waals surface area contributed by atoms with Crippen LogP contribution in [0.5, 0.6) is 5.75 Å². The Morgan fingerprint density at radius 3 is 2.76 bits per heavy atom. The lowest BCUT2D eigenvalue weighted by Gasteiger charge is -2.31. The molecule has 138 valence electrons. The molecule has 2 aliphatic carbocycles. The van der Waals surface area contributed by atoms with Crippen LogP contribution in [0, 0.1) is 5.92 Å². The van der Waals surface area contributed by atoms with E-state index in [9.17, 15) is 4.79 Å². The largest absolute Gasteiger partial charge is 0.493 e. The molecule has 0 radical (unpaired) electrons. The van der Waals surface area contributed by atoms with E-state index in [1.165, 1.54) is 24.8 Å². The van der Waals surface area contributed by atoms with Gasteiger partial charge in [-0.3, -0.25) is 4.79 Å². The number of ether oxygens (including phenoxy) is 2. The molecule has 0 heterocycles. The van der Waals surface area contributed by atoms with Crippen LogP contribution in [0.3, 0.4) is 0 Å². The van der Waals surface area contributed by atoms with Crippen LogP contribution in [-0.2, 0) is 9.53 Å². The maximum Gasteiger partial charge on any atom is 0.306 e. The zero-order chi connectivity index (χ0) is 17.5. The predicted molar refractivity (Wildman–Crippen MR) is 99.9 cm³/mol. The van der Waals surface area contributed by atoms with Gasteiger partial charge < -0.3 is 9.47 Å². The number of benzene rings is 1. The van der Waals surface area contributed by atoms with Crippen LogP contribution in [0.15, 0.2) is 24.3 Å². The molecule has 0 aliphatic heterocycles. The summed E-state index contributed by atoms with van der Waals surface area (Å²) in [5.74, 6) is 2.01. The summed E-state index contributed by atoms with van der Waals surface area (Å²) in [6.45, 7) is 2.99. The average molecular weight is 344 g/mol. The van der Waals surface area contributed by atoms with Crippen molar-refractivity contribution >= 4 is 5.97 Å². The monoisotopic (exact) mass is 344 g/mol. The molecule has 0 N–H and O–H groups in total. The van der Waals surface area contributed by atoms with Crippen molar-refractivity contribution in [3.05, 3.63) is 29.8 Å². The first-order chi connectivity index (χ1) is 12.3. The molecule has 1 aromatic rings. The molecule has 1 aromatic carbocycles. The third-order valence-corrected chi connectivity index (χ3v) is 5.44. The van der Waals surface area contributed by atoms with Gasteiger partial charge in [-0.15, -0.1) is 0 Å². The van der Waals surface area contributed by atoms with Gasteiger partial charge >= 0.3 is 5.97 Å². The molecule has 0 amide bonds. The topological polar surface area (TPSA) is 35.5 Å². The van der Waals surface area contributed by atoms with Crippen molar-refractivity contribution in [3.8, 4) is 5.75 Å². The Bertz CT molecular complexity index is 550. The summed E-state index contributed by atoms with van der Waals surface area (Å²) >= 11 is 0. The van der Waals surface area contributed by atoms with E-state index in [2.05, 4.69) is 25.1 Å². The smallest absolute Gasteiger partial charge is 0.306 e. The van der Waals surface area contributed by atoms with E-state index in [4.69, 9.17) is 9.47 Å². The summed E-state index contributed by atoms with van der Waals surface area (Å²) in [5, 5.41) is 0. The maximum atomic E-state index is 12.2. The quantitative estimate of drug-likeness (QED) is 0.430. The molecule has 0 aromatic heterocycles. The first-order valence-electron chi connectivity index (χ1n) is 10.2. The molecule has 2 unspecified atom stereocenters. The van der Waals surface area contributed by atoms with E-state index < -0.39 is 0 Å². The Hall–Kier alpha value is -1.51. The minimum atomic E-state index is -0.0218. The number of hydrogen-bond acceptors (Lipinski definition) is 3. The van der Waals surface area contributed by atoms with Crippen LogP contribution in [0.2, 0.25) is 0 Å². The average Bonchev–Trinajstić information content (AvgIpc) is 3.45. The van der Waals surface area contributed by atoms with Gasteiger partial charge in [0, 0.05) is 12.3 Å². The highest BCUT2D eigenvalue weighted by molar-refractivity contribution is 5.69. The summed E-state index contributed by atoms with van der Waals surface area (Å²) in [4.78, 5) is 12.2. The molecule has 25 heavy (non-hydrogen) atoms.